The van der Waals surface area contributed by atoms with Gasteiger partial charge in [0.2, 0.25) is 5.91 Å². The first-order valence-electron chi connectivity index (χ1n) is 8.33. The minimum absolute atomic E-state index is 0.0990. The Balaban J connectivity index is 1.38. The van der Waals surface area contributed by atoms with Crippen molar-refractivity contribution in [2.45, 2.75) is 23.9 Å². The molecular weight excluding hydrogens is 322 g/mol. The quantitative estimate of drug-likeness (QED) is 0.592. The Morgan fingerprint density at radius 3 is 3.04 bits per heavy atom. The summed E-state index contributed by atoms with van der Waals surface area (Å²) in [5.74, 6) is 1.42. The zero-order valence-electron chi connectivity index (χ0n) is 13.6. The molecule has 6 nitrogen and oxygen atoms in total. The number of aromatic nitrogens is 3. The predicted molar refractivity (Wildman–Crippen MR) is 95.0 cm³/mol. The van der Waals surface area contributed by atoms with Crippen LogP contribution in [0.2, 0.25) is 0 Å². The first-order valence-corrected chi connectivity index (χ1v) is 9.32. The number of rotatable bonds is 7. The smallest absolute Gasteiger partial charge is 0.234 e. The highest BCUT2D eigenvalue weighted by Crippen LogP contribution is 2.26. The van der Waals surface area contributed by atoms with Crippen LogP contribution in [0.3, 0.4) is 0 Å². The van der Waals surface area contributed by atoms with Crippen molar-refractivity contribution in [3.8, 4) is 0 Å². The number of likely N-dealkylation sites (tertiary alicyclic amines) is 1. The highest BCUT2D eigenvalue weighted by atomic mass is 32.2. The molecule has 7 heteroatoms. The largest absolute Gasteiger partial charge is 0.354 e. The van der Waals surface area contributed by atoms with E-state index < -0.39 is 0 Å². The second kappa shape index (κ2) is 8.84. The van der Waals surface area contributed by atoms with E-state index in [0.717, 1.165) is 30.4 Å². The van der Waals surface area contributed by atoms with Gasteiger partial charge in [0.05, 0.1) is 6.54 Å². The van der Waals surface area contributed by atoms with Crippen molar-refractivity contribution in [1.82, 2.24) is 25.4 Å². The van der Waals surface area contributed by atoms with Crippen LogP contribution in [-0.2, 0) is 4.79 Å². The third-order valence-corrected chi connectivity index (χ3v) is 5.08. The summed E-state index contributed by atoms with van der Waals surface area (Å²) >= 11 is 1.56. The van der Waals surface area contributed by atoms with Crippen LogP contribution in [0.5, 0.6) is 0 Å². The third kappa shape index (κ3) is 5.07. The van der Waals surface area contributed by atoms with Gasteiger partial charge in [0.25, 0.3) is 0 Å². The van der Waals surface area contributed by atoms with Gasteiger partial charge in [-0.1, -0.05) is 42.1 Å². The fourth-order valence-corrected chi connectivity index (χ4v) is 3.69. The molecule has 24 heavy (non-hydrogen) atoms. The highest BCUT2D eigenvalue weighted by Gasteiger charge is 2.22. The normalized spacial score (nSPS) is 18.4. The molecule has 1 amide bonds. The second-order valence-corrected chi connectivity index (χ2v) is 7.06. The topological polar surface area (TPSA) is 73.9 Å². The van der Waals surface area contributed by atoms with Gasteiger partial charge in [-0.15, -0.1) is 0 Å². The number of H-pyrrole nitrogens is 1. The Labute approximate surface area is 146 Å². The van der Waals surface area contributed by atoms with Crippen molar-refractivity contribution in [2.24, 2.45) is 0 Å². The molecule has 0 aliphatic carbocycles. The molecule has 128 valence electrons. The van der Waals surface area contributed by atoms with Gasteiger partial charge in [0, 0.05) is 18.8 Å². The number of piperidine rings is 1. The zero-order chi connectivity index (χ0) is 16.6. The van der Waals surface area contributed by atoms with E-state index in [4.69, 9.17) is 0 Å². The number of hydrogen-bond donors (Lipinski definition) is 2. The molecule has 1 aromatic heterocycles. The van der Waals surface area contributed by atoms with Crippen LogP contribution < -0.4 is 5.32 Å². The molecule has 2 N–H and O–H groups in total. The monoisotopic (exact) mass is 345 g/mol. The predicted octanol–water partition coefficient (Wildman–Crippen LogP) is 1.89. The molecule has 1 saturated heterocycles. The molecule has 1 aliphatic heterocycles. The minimum atomic E-state index is 0.0990. The minimum Gasteiger partial charge on any atom is -0.354 e. The average Bonchev–Trinajstić information content (AvgIpc) is 3.13. The van der Waals surface area contributed by atoms with Crippen molar-refractivity contribution in [3.63, 3.8) is 0 Å². The van der Waals surface area contributed by atoms with Gasteiger partial charge in [-0.05, 0) is 30.9 Å². The van der Waals surface area contributed by atoms with Crippen LogP contribution in [0.1, 0.15) is 24.3 Å². The number of aromatic amines is 1. The van der Waals surface area contributed by atoms with E-state index in [9.17, 15) is 4.79 Å². The highest BCUT2D eigenvalue weighted by molar-refractivity contribution is 7.99. The molecule has 0 spiro atoms. The average molecular weight is 345 g/mol. The maximum atomic E-state index is 12.1. The maximum absolute atomic E-state index is 12.1. The van der Waals surface area contributed by atoms with Gasteiger partial charge >= 0.3 is 0 Å². The van der Waals surface area contributed by atoms with Crippen molar-refractivity contribution in [3.05, 3.63) is 42.2 Å². The number of nitrogens with zero attached hydrogens (tertiary/aromatic N) is 3. The van der Waals surface area contributed by atoms with Gasteiger partial charge in [0.15, 0.2) is 5.16 Å². The number of nitrogens with one attached hydrogen (secondary N) is 2. The molecule has 2 aromatic rings. The number of thioether (sulfide) groups is 1. The van der Waals surface area contributed by atoms with Gasteiger partial charge in [-0.25, -0.2) is 4.98 Å². The van der Waals surface area contributed by atoms with Crippen LogP contribution in [0.15, 0.2) is 41.8 Å². The lowest BCUT2D eigenvalue weighted by Crippen LogP contribution is -2.42. The maximum Gasteiger partial charge on any atom is 0.234 e. The summed E-state index contributed by atoms with van der Waals surface area (Å²) < 4.78 is 0. The zero-order valence-corrected chi connectivity index (χ0v) is 14.5. The molecule has 0 saturated carbocycles. The van der Waals surface area contributed by atoms with Crippen molar-refractivity contribution in [2.75, 3.05) is 31.9 Å². The van der Waals surface area contributed by atoms with Gasteiger partial charge in [-0.3, -0.25) is 14.8 Å². The number of carbonyl (C=O) groups is 1. The van der Waals surface area contributed by atoms with Crippen LogP contribution in [0, 0.1) is 0 Å². The first-order chi connectivity index (χ1) is 11.8. The SMILES string of the molecule is O=C(CN1CCC[C@@H](c2ccccc2)C1)NCCSc1ncn[nH]1. The Kier molecular flexibility index (Phi) is 6.26. The fourth-order valence-electron chi connectivity index (χ4n) is 3.06. The van der Waals surface area contributed by atoms with Crippen LogP contribution in [-0.4, -0.2) is 57.9 Å². The lowest BCUT2D eigenvalue weighted by atomic mass is 9.91. The van der Waals surface area contributed by atoms with Crippen LogP contribution in [0.4, 0.5) is 0 Å². The van der Waals surface area contributed by atoms with Crippen molar-refractivity contribution in [1.29, 1.82) is 0 Å². The summed E-state index contributed by atoms with van der Waals surface area (Å²) in [7, 11) is 0. The Morgan fingerprint density at radius 1 is 1.38 bits per heavy atom. The van der Waals surface area contributed by atoms with Crippen molar-refractivity contribution >= 4 is 17.7 Å². The van der Waals surface area contributed by atoms with Crippen LogP contribution >= 0.6 is 11.8 Å². The lowest BCUT2D eigenvalue weighted by Gasteiger charge is -2.32. The first kappa shape index (κ1) is 17.0. The van der Waals surface area contributed by atoms with E-state index in [2.05, 4.69) is 49.7 Å². The standard InChI is InChI=1S/C17H23N5OS/c23-16(18-8-10-24-17-19-13-20-21-17)12-22-9-4-7-15(11-22)14-5-2-1-3-6-14/h1-3,5-6,13,15H,4,7-12H2,(H,18,23)(H,19,20,21)/t15-/m1/s1. The number of hydrogen-bond acceptors (Lipinski definition) is 5. The summed E-state index contributed by atoms with van der Waals surface area (Å²) in [5, 5.41) is 10.4. The van der Waals surface area contributed by atoms with Crippen LogP contribution in [0.25, 0.3) is 0 Å². The number of benzene rings is 1. The van der Waals surface area contributed by atoms with Gasteiger partial charge < -0.3 is 5.32 Å². The van der Waals surface area contributed by atoms with Gasteiger partial charge in [-0.2, -0.15) is 5.10 Å². The Bertz CT molecular complexity index is 619. The molecule has 0 bridgehead atoms. The summed E-state index contributed by atoms with van der Waals surface area (Å²) in [6, 6.07) is 10.6. The Morgan fingerprint density at radius 2 is 2.25 bits per heavy atom. The molecule has 0 radical (unpaired) electrons. The molecule has 1 fully saturated rings. The number of carbonyl (C=O) groups excluding carboxylic acids is 1. The summed E-state index contributed by atoms with van der Waals surface area (Å²) in [4.78, 5) is 18.4. The van der Waals surface area contributed by atoms with Crippen molar-refractivity contribution < 1.29 is 4.79 Å². The summed E-state index contributed by atoms with van der Waals surface area (Å²) in [6.45, 7) is 3.09. The lowest BCUT2D eigenvalue weighted by molar-refractivity contribution is -0.122. The second-order valence-electron chi connectivity index (χ2n) is 5.97. The van der Waals surface area contributed by atoms with E-state index in [-0.39, 0.29) is 5.91 Å². The Hall–Kier alpha value is -1.86. The molecule has 1 aromatic carbocycles. The molecule has 3 rings (SSSR count). The third-order valence-electron chi connectivity index (χ3n) is 4.20. The van der Waals surface area contributed by atoms with E-state index in [1.807, 2.05) is 6.07 Å². The van der Waals surface area contributed by atoms with E-state index in [1.54, 1.807) is 11.8 Å². The summed E-state index contributed by atoms with van der Waals surface area (Å²) in [5.41, 5.74) is 1.38. The molecule has 1 aliphatic rings. The molecule has 1 atom stereocenters. The van der Waals surface area contributed by atoms with E-state index in [0.29, 0.717) is 19.0 Å². The van der Waals surface area contributed by atoms with E-state index >= 15 is 0 Å². The summed E-state index contributed by atoms with van der Waals surface area (Å²) in [6.07, 6.45) is 3.84. The molecular formula is C17H23N5OS. The fraction of sp³-hybridized carbons (Fsp3) is 0.471. The molecule has 0 unspecified atom stereocenters. The van der Waals surface area contributed by atoms with Gasteiger partial charge in [0.1, 0.15) is 6.33 Å². The number of amides is 1. The van der Waals surface area contributed by atoms with E-state index in [1.165, 1.54) is 18.3 Å². The molecule has 2 heterocycles.